The summed E-state index contributed by atoms with van der Waals surface area (Å²) < 4.78 is 0. The van der Waals surface area contributed by atoms with E-state index >= 15 is 0 Å². The van der Waals surface area contributed by atoms with E-state index in [1.165, 1.54) is 25.7 Å². The largest absolute Gasteiger partial charge is 0.338 e. The summed E-state index contributed by atoms with van der Waals surface area (Å²) in [4.78, 5) is 13.6. The molecule has 0 aromatic carbocycles. The van der Waals surface area contributed by atoms with Crippen LogP contribution in [0.1, 0.15) is 52.4 Å². The van der Waals surface area contributed by atoms with Crippen molar-refractivity contribution in [3.63, 3.8) is 0 Å². The van der Waals surface area contributed by atoms with E-state index in [-0.39, 0.29) is 6.03 Å². The van der Waals surface area contributed by atoms with Crippen LogP contribution in [-0.4, -0.2) is 37.1 Å². The molecule has 0 saturated heterocycles. The Morgan fingerprint density at radius 3 is 2.35 bits per heavy atom. The molecule has 0 atom stereocenters. The molecule has 0 bridgehead atoms. The first-order chi connectivity index (χ1) is 8.26. The van der Waals surface area contributed by atoms with Crippen molar-refractivity contribution >= 4 is 6.03 Å². The second-order valence-electron chi connectivity index (χ2n) is 4.42. The van der Waals surface area contributed by atoms with Crippen LogP contribution in [0.15, 0.2) is 0 Å². The predicted octanol–water partition coefficient (Wildman–Crippen LogP) is 2.34. The smallest absolute Gasteiger partial charge is 0.317 e. The molecule has 3 N–H and O–H groups in total. The van der Waals surface area contributed by atoms with Gasteiger partial charge in [-0.25, -0.2) is 4.79 Å². The summed E-state index contributed by atoms with van der Waals surface area (Å²) in [6, 6.07) is 0.0350. The van der Waals surface area contributed by atoms with E-state index in [4.69, 9.17) is 5.73 Å². The zero-order chi connectivity index (χ0) is 12.9. The highest BCUT2D eigenvalue weighted by Gasteiger charge is 2.09. The zero-order valence-electron chi connectivity index (χ0n) is 11.5. The van der Waals surface area contributed by atoms with E-state index in [9.17, 15) is 4.79 Å². The molecule has 0 rings (SSSR count). The van der Waals surface area contributed by atoms with E-state index in [0.29, 0.717) is 13.1 Å². The van der Waals surface area contributed by atoms with Gasteiger partial charge in [0.15, 0.2) is 0 Å². The number of hydrogen-bond donors (Lipinski definition) is 2. The van der Waals surface area contributed by atoms with Crippen molar-refractivity contribution in [1.82, 2.24) is 10.2 Å². The molecule has 0 aliphatic carbocycles. The van der Waals surface area contributed by atoms with Gasteiger partial charge < -0.3 is 16.0 Å². The zero-order valence-corrected chi connectivity index (χ0v) is 11.5. The standard InChI is InChI=1S/C13H29N3O/c1-3-5-6-7-8-10-15-13(17)16(11-4-2)12-9-14/h3-12,14H2,1-2H3,(H,15,17). The average molecular weight is 243 g/mol. The third-order valence-corrected chi connectivity index (χ3v) is 2.74. The van der Waals surface area contributed by atoms with E-state index in [0.717, 1.165) is 25.9 Å². The third-order valence-electron chi connectivity index (χ3n) is 2.74. The van der Waals surface area contributed by atoms with Crippen molar-refractivity contribution in [2.45, 2.75) is 52.4 Å². The Labute approximate surface area is 106 Å². The topological polar surface area (TPSA) is 58.4 Å². The van der Waals surface area contributed by atoms with Crippen LogP contribution >= 0.6 is 0 Å². The molecule has 0 saturated carbocycles. The van der Waals surface area contributed by atoms with Gasteiger partial charge in [-0.05, 0) is 12.8 Å². The van der Waals surface area contributed by atoms with Crippen LogP contribution in [0.2, 0.25) is 0 Å². The molecule has 0 heterocycles. The van der Waals surface area contributed by atoms with Crippen LogP contribution < -0.4 is 11.1 Å². The fraction of sp³-hybridized carbons (Fsp3) is 0.923. The molecule has 4 heteroatoms. The SMILES string of the molecule is CCCCCCCNC(=O)N(CCC)CCN. The summed E-state index contributed by atoms with van der Waals surface area (Å²) in [5.74, 6) is 0. The lowest BCUT2D eigenvalue weighted by Gasteiger charge is -2.21. The number of rotatable bonds is 10. The van der Waals surface area contributed by atoms with Crippen LogP contribution in [0.25, 0.3) is 0 Å². The number of amides is 2. The molecular formula is C13H29N3O. The lowest BCUT2D eigenvalue weighted by atomic mass is 10.1. The van der Waals surface area contributed by atoms with Gasteiger partial charge >= 0.3 is 6.03 Å². The lowest BCUT2D eigenvalue weighted by Crippen LogP contribution is -2.43. The van der Waals surface area contributed by atoms with E-state index in [1.54, 1.807) is 4.90 Å². The summed E-state index contributed by atoms with van der Waals surface area (Å²) in [5.41, 5.74) is 5.49. The highest BCUT2D eigenvalue weighted by atomic mass is 16.2. The Kier molecular flexibility index (Phi) is 11.2. The van der Waals surface area contributed by atoms with Gasteiger partial charge in [0.1, 0.15) is 0 Å². The Morgan fingerprint density at radius 1 is 1.06 bits per heavy atom. The van der Waals surface area contributed by atoms with Gasteiger partial charge in [0, 0.05) is 26.2 Å². The minimum Gasteiger partial charge on any atom is -0.338 e. The minimum absolute atomic E-state index is 0.0350. The van der Waals surface area contributed by atoms with Gasteiger partial charge in [-0.3, -0.25) is 0 Å². The number of carbonyl (C=O) groups excluding carboxylic acids is 1. The van der Waals surface area contributed by atoms with Crippen LogP contribution in [0.5, 0.6) is 0 Å². The van der Waals surface area contributed by atoms with E-state index in [1.807, 2.05) is 0 Å². The molecule has 0 fully saturated rings. The fourth-order valence-electron chi connectivity index (χ4n) is 1.78. The lowest BCUT2D eigenvalue weighted by molar-refractivity contribution is 0.199. The van der Waals surface area contributed by atoms with Crippen LogP contribution in [-0.2, 0) is 0 Å². The monoisotopic (exact) mass is 243 g/mol. The van der Waals surface area contributed by atoms with Crippen molar-refractivity contribution in [2.75, 3.05) is 26.2 Å². The average Bonchev–Trinajstić information content (AvgIpc) is 2.33. The second kappa shape index (κ2) is 11.7. The van der Waals surface area contributed by atoms with E-state index in [2.05, 4.69) is 19.2 Å². The summed E-state index contributed by atoms with van der Waals surface area (Å²) in [7, 11) is 0. The fourth-order valence-corrected chi connectivity index (χ4v) is 1.78. The summed E-state index contributed by atoms with van der Waals surface area (Å²) in [6.07, 6.45) is 7.08. The molecule has 0 radical (unpaired) electrons. The van der Waals surface area contributed by atoms with Crippen LogP contribution in [0.3, 0.4) is 0 Å². The summed E-state index contributed by atoms with van der Waals surface area (Å²) in [5, 5.41) is 2.96. The number of hydrogen-bond acceptors (Lipinski definition) is 2. The molecule has 102 valence electrons. The molecule has 0 unspecified atom stereocenters. The number of nitrogens with two attached hydrogens (primary N) is 1. The molecule has 2 amide bonds. The number of carbonyl (C=O) groups is 1. The maximum atomic E-state index is 11.8. The highest BCUT2D eigenvalue weighted by Crippen LogP contribution is 2.01. The molecule has 0 aromatic rings. The van der Waals surface area contributed by atoms with Crippen molar-refractivity contribution in [2.24, 2.45) is 5.73 Å². The predicted molar refractivity (Wildman–Crippen MR) is 73.1 cm³/mol. The molecule has 0 aliphatic heterocycles. The van der Waals surface area contributed by atoms with Gasteiger partial charge in [-0.2, -0.15) is 0 Å². The van der Waals surface area contributed by atoms with Gasteiger partial charge in [-0.15, -0.1) is 0 Å². The Hall–Kier alpha value is -0.770. The number of unbranched alkanes of at least 4 members (excludes halogenated alkanes) is 4. The van der Waals surface area contributed by atoms with E-state index < -0.39 is 0 Å². The van der Waals surface area contributed by atoms with Crippen LogP contribution in [0.4, 0.5) is 4.79 Å². The first-order valence-corrected chi connectivity index (χ1v) is 6.99. The van der Waals surface area contributed by atoms with Gasteiger partial charge in [0.2, 0.25) is 0 Å². The van der Waals surface area contributed by atoms with Gasteiger partial charge in [0.05, 0.1) is 0 Å². The van der Waals surface area contributed by atoms with Crippen LogP contribution in [0, 0.1) is 0 Å². The molecule has 0 aromatic heterocycles. The van der Waals surface area contributed by atoms with Crippen molar-refractivity contribution in [3.05, 3.63) is 0 Å². The highest BCUT2D eigenvalue weighted by molar-refractivity contribution is 5.74. The first kappa shape index (κ1) is 16.2. The summed E-state index contributed by atoms with van der Waals surface area (Å²) >= 11 is 0. The van der Waals surface area contributed by atoms with Crippen molar-refractivity contribution < 1.29 is 4.79 Å². The molecular weight excluding hydrogens is 214 g/mol. The van der Waals surface area contributed by atoms with Crippen molar-refractivity contribution in [1.29, 1.82) is 0 Å². The number of nitrogens with one attached hydrogen (secondary N) is 1. The second-order valence-corrected chi connectivity index (χ2v) is 4.42. The molecule has 0 spiro atoms. The third kappa shape index (κ3) is 8.98. The van der Waals surface area contributed by atoms with Gasteiger partial charge in [-0.1, -0.05) is 39.5 Å². The Bertz CT molecular complexity index is 180. The Morgan fingerprint density at radius 2 is 1.76 bits per heavy atom. The number of urea groups is 1. The molecule has 0 aliphatic rings. The number of nitrogens with zero attached hydrogens (tertiary/aromatic N) is 1. The van der Waals surface area contributed by atoms with Gasteiger partial charge in [0.25, 0.3) is 0 Å². The molecule has 4 nitrogen and oxygen atoms in total. The maximum Gasteiger partial charge on any atom is 0.317 e. The maximum absolute atomic E-state index is 11.8. The quantitative estimate of drug-likeness (QED) is 0.579. The van der Waals surface area contributed by atoms with Crippen molar-refractivity contribution in [3.8, 4) is 0 Å². The normalized spacial score (nSPS) is 10.3. The first-order valence-electron chi connectivity index (χ1n) is 6.99. The minimum atomic E-state index is 0.0350. The summed E-state index contributed by atoms with van der Waals surface area (Å²) in [6.45, 7) is 7.03. The Balaban J connectivity index is 3.59. The molecule has 17 heavy (non-hydrogen) atoms.